The fraction of sp³-hybridized carbons (Fsp3) is 0.0714. The van der Waals surface area contributed by atoms with Gasteiger partial charge < -0.3 is 4.74 Å². The quantitative estimate of drug-likeness (QED) is 0.749. The van der Waals surface area contributed by atoms with Crippen molar-refractivity contribution in [1.82, 2.24) is 0 Å². The van der Waals surface area contributed by atoms with Crippen molar-refractivity contribution in [2.24, 2.45) is 0 Å². The third kappa shape index (κ3) is 3.87. The van der Waals surface area contributed by atoms with E-state index in [4.69, 9.17) is 39.5 Å². The summed E-state index contributed by atoms with van der Waals surface area (Å²) in [5.74, 6) is 0.361. The van der Waals surface area contributed by atoms with E-state index in [1.165, 1.54) is 0 Å². The molecule has 2 nitrogen and oxygen atoms in total. The Balaban J connectivity index is 2.00. The second kappa shape index (κ2) is 6.29. The van der Waals surface area contributed by atoms with Crippen molar-refractivity contribution in [3.05, 3.63) is 63.1 Å². The summed E-state index contributed by atoms with van der Waals surface area (Å²) < 4.78 is 5.36. The van der Waals surface area contributed by atoms with Crippen LogP contribution in [0.1, 0.15) is 10.4 Å². The van der Waals surface area contributed by atoms with Gasteiger partial charge in [-0.05, 0) is 36.4 Å². The molecule has 0 fully saturated rings. The Kier molecular flexibility index (Phi) is 4.70. The molecule has 98 valence electrons. The molecule has 2 aromatic rings. The van der Waals surface area contributed by atoms with Crippen LogP contribution in [0, 0.1) is 0 Å². The molecule has 0 aliphatic rings. The second-order valence-electron chi connectivity index (χ2n) is 3.79. The summed E-state index contributed by atoms with van der Waals surface area (Å²) in [6.45, 7) is -0.0698. The molecule has 0 aromatic heterocycles. The lowest BCUT2D eigenvalue weighted by molar-refractivity contribution is 0.0921. The van der Waals surface area contributed by atoms with Gasteiger partial charge in [0.1, 0.15) is 5.75 Å². The molecular formula is C14H9Cl3O2. The SMILES string of the molecule is O=C(COc1ccc(Cl)c(Cl)c1)c1ccc(Cl)cc1. The van der Waals surface area contributed by atoms with Crippen molar-refractivity contribution >= 4 is 40.6 Å². The van der Waals surface area contributed by atoms with Gasteiger partial charge in [0.15, 0.2) is 12.4 Å². The molecule has 0 unspecified atom stereocenters. The Morgan fingerprint density at radius 1 is 0.947 bits per heavy atom. The molecule has 2 rings (SSSR count). The summed E-state index contributed by atoms with van der Waals surface area (Å²) in [5, 5.41) is 1.41. The minimum Gasteiger partial charge on any atom is -0.485 e. The molecule has 0 N–H and O–H groups in total. The Morgan fingerprint density at radius 2 is 1.63 bits per heavy atom. The summed E-state index contributed by atoms with van der Waals surface area (Å²) in [5.41, 5.74) is 0.546. The number of halogens is 3. The molecular weight excluding hydrogens is 307 g/mol. The van der Waals surface area contributed by atoms with E-state index < -0.39 is 0 Å². The van der Waals surface area contributed by atoms with Crippen LogP contribution in [0.15, 0.2) is 42.5 Å². The fourth-order valence-corrected chi connectivity index (χ4v) is 1.85. The van der Waals surface area contributed by atoms with Gasteiger partial charge in [0.05, 0.1) is 10.0 Å². The lowest BCUT2D eigenvalue weighted by Gasteiger charge is -2.06. The monoisotopic (exact) mass is 314 g/mol. The zero-order valence-electron chi connectivity index (χ0n) is 9.70. The van der Waals surface area contributed by atoms with Gasteiger partial charge in [0.2, 0.25) is 0 Å². The Bertz CT molecular complexity index is 594. The first-order valence-corrected chi connectivity index (χ1v) is 6.56. The highest BCUT2D eigenvalue weighted by Gasteiger charge is 2.07. The van der Waals surface area contributed by atoms with E-state index in [1.807, 2.05) is 0 Å². The normalized spacial score (nSPS) is 10.3. The third-order valence-electron chi connectivity index (χ3n) is 2.43. The Hall–Kier alpha value is -1.22. The largest absolute Gasteiger partial charge is 0.485 e. The van der Waals surface area contributed by atoms with Crippen LogP contribution in [0.4, 0.5) is 0 Å². The molecule has 0 bridgehead atoms. The number of benzene rings is 2. The van der Waals surface area contributed by atoms with Crippen molar-refractivity contribution in [2.45, 2.75) is 0 Å². The van der Waals surface area contributed by atoms with Crippen molar-refractivity contribution in [3.63, 3.8) is 0 Å². The predicted molar refractivity (Wildman–Crippen MR) is 77.7 cm³/mol. The van der Waals surface area contributed by atoms with Crippen LogP contribution in [0.5, 0.6) is 5.75 Å². The van der Waals surface area contributed by atoms with Gasteiger partial charge in [0, 0.05) is 16.7 Å². The van der Waals surface area contributed by atoms with E-state index in [0.717, 1.165) is 0 Å². The number of carbonyl (C=O) groups is 1. The van der Waals surface area contributed by atoms with E-state index >= 15 is 0 Å². The Morgan fingerprint density at radius 3 is 2.26 bits per heavy atom. The first kappa shape index (κ1) is 14.2. The molecule has 19 heavy (non-hydrogen) atoms. The van der Waals surface area contributed by atoms with Crippen LogP contribution >= 0.6 is 34.8 Å². The molecule has 0 atom stereocenters. The van der Waals surface area contributed by atoms with E-state index in [9.17, 15) is 4.79 Å². The molecule has 0 heterocycles. The van der Waals surface area contributed by atoms with Crippen molar-refractivity contribution in [3.8, 4) is 5.75 Å². The number of ketones is 1. The van der Waals surface area contributed by atoms with Gasteiger partial charge in [-0.3, -0.25) is 4.79 Å². The van der Waals surface area contributed by atoms with Crippen LogP contribution in [0.25, 0.3) is 0 Å². The minimum absolute atomic E-state index is 0.0698. The summed E-state index contributed by atoms with van der Waals surface area (Å²) in [7, 11) is 0. The van der Waals surface area contributed by atoms with E-state index in [1.54, 1.807) is 42.5 Å². The summed E-state index contributed by atoms with van der Waals surface area (Å²) in [4.78, 5) is 11.9. The number of hydrogen-bond donors (Lipinski definition) is 0. The molecule has 0 saturated heterocycles. The Labute approximate surface area is 125 Å². The van der Waals surface area contributed by atoms with Crippen LogP contribution in [-0.2, 0) is 0 Å². The smallest absolute Gasteiger partial charge is 0.200 e. The zero-order valence-corrected chi connectivity index (χ0v) is 12.0. The standard InChI is InChI=1S/C14H9Cl3O2/c15-10-3-1-9(2-4-10)14(18)8-19-11-5-6-12(16)13(17)7-11/h1-7H,8H2. The van der Waals surface area contributed by atoms with Crippen molar-refractivity contribution < 1.29 is 9.53 Å². The zero-order chi connectivity index (χ0) is 13.8. The molecule has 2 aromatic carbocycles. The number of carbonyl (C=O) groups excluding carboxylic acids is 1. The maximum atomic E-state index is 11.9. The van der Waals surface area contributed by atoms with Crippen LogP contribution in [0.2, 0.25) is 15.1 Å². The highest BCUT2D eigenvalue weighted by molar-refractivity contribution is 6.42. The molecule has 0 saturated carbocycles. The van der Waals surface area contributed by atoms with Crippen LogP contribution in [-0.4, -0.2) is 12.4 Å². The highest BCUT2D eigenvalue weighted by atomic mass is 35.5. The predicted octanol–water partition coefficient (Wildman–Crippen LogP) is 4.91. The lowest BCUT2D eigenvalue weighted by Crippen LogP contribution is -2.11. The fourth-order valence-electron chi connectivity index (χ4n) is 1.43. The summed E-state index contributed by atoms with van der Waals surface area (Å²) in [6, 6.07) is 11.5. The topological polar surface area (TPSA) is 26.3 Å². The van der Waals surface area contributed by atoms with E-state index in [-0.39, 0.29) is 12.4 Å². The number of ether oxygens (including phenoxy) is 1. The number of rotatable bonds is 4. The molecule has 0 aliphatic carbocycles. The van der Waals surface area contributed by atoms with Gasteiger partial charge in [-0.25, -0.2) is 0 Å². The minimum atomic E-state index is -0.136. The van der Waals surface area contributed by atoms with Crippen molar-refractivity contribution in [1.29, 1.82) is 0 Å². The lowest BCUT2D eigenvalue weighted by atomic mass is 10.1. The first-order valence-electron chi connectivity index (χ1n) is 5.43. The average Bonchev–Trinajstić information content (AvgIpc) is 2.40. The highest BCUT2D eigenvalue weighted by Crippen LogP contribution is 2.26. The van der Waals surface area contributed by atoms with Gasteiger partial charge in [0.25, 0.3) is 0 Å². The summed E-state index contributed by atoms with van der Waals surface area (Å²) >= 11 is 17.4. The van der Waals surface area contributed by atoms with Crippen LogP contribution in [0.3, 0.4) is 0 Å². The number of hydrogen-bond acceptors (Lipinski definition) is 2. The first-order chi connectivity index (χ1) is 9.06. The number of Topliss-reactive ketones (excluding diaryl/α,β-unsaturated/α-hetero) is 1. The summed E-state index contributed by atoms with van der Waals surface area (Å²) in [6.07, 6.45) is 0. The van der Waals surface area contributed by atoms with Gasteiger partial charge in [-0.2, -0.15) is 0 Å². The van der Waals surface area contributed by atoms with Gasteiger partial charge in [-0.15, -0.1) is 0 Å². The van der Waals surface area contributed by atoms with E-state index in [2.05, 4.69) is 0 Å². The van der Waals surface area contributed by atoms with Gasteiger partial charge in [-0.1, -0.05) is 34.8 Å². The third-order valence-corrected chi connectivity index (χ3v) is 3.42. The van der Waals surface area contributed by atoms with Crippen LogP contribution < -0.4 is 4.74 Å². The maximum Gasteiger partial charge on any atom is 0.200 e. The average molecular weight is 316 g/mol. The van der Waals surface area contributed by atoms with Gasteiger partial charge >= 0.3 is 0 Å². The molecule has 0 amide bonds. The van der Waals surface area contributed by atoms with Crippen molar-refractivity contribution in [2.75, 3.05) is 6.61 Å². The molecule has 0 radical (unpaired) electrons. The molecule has 0 aliphatic heterocycles. The molecule has 5 heteroatoms. The molecule has 0 spiro atoms. The second-order valence-corrected chi connectivity index (χ2v) is 5.05. The maximum absolute atomic E-state index is 11.9. The van der Waals surface area contributed by atoms with E-state index in [0.29, 0.717) is 26.4 Å².